The molecule has 5 rings (SSSR count). The molecular formula is C29H35ClN8O3S. The summed E-state index contributed by atoms with van der Waals surface area (Å²) in [5.74, 6) is 1.05. The Labute approximate surface area is 251 Å². The summed E-state index contributed by atoms with van der Waals surface area (Å²) in [7, 11) is 2.54. The number of anilines is 5. The second-order valence-electron chi connectivity index (χ2n) is 10.7. The lowest BCUT2D eigenvalue weighted by molar-refractivity contribution is 0.249. The summed E-state index contributed by atoms with van der Waals surface area (Å²) in [5.41, 5.74) is 5.04. The van der Waals surface area contributed by atoms with E-state index >= 15 is 0 Å². The Hall–Kier alpha value is -3.74. The molecule has 13 heteroatoms. The van der Waals surface area contributed by atoms with Gasteiger partial charge in [-0.15, -0.1) is 0 Å². The number of fused-ring (bicyclic) bond motifs is 1. The number of benzene rings is 2. The third-order valence-corrected chi connectivity index (χ3v) is 8.54. The van der Waals surface area contributed by atoms with Crippen molar-refractivity contribution in [2.24, 2.45) is 0 Å². The van der Waals surface area contributed by atoms with Gasteiger partial charge < -0.3 is 25.2 Å². The molecule has 1 fully saturated rings. The molecule has 4 aromatic rings. The van der Waals surface area contributed by atoms with Gasteiger partial charge in [-0.2, -0.15) is 4.98 Å². The van der Waals surface area contributed by atoms with E-state index in [1.165, 1.54) is 18.6 Å². The number of hydrogen-bond acceptors (Lipinski definition) is 11. The molecule has 2 aromatic carbocycles. The number of aromatic nitrogens is 4. The van der Waals surface area contributed by atoms with Gasteiger partial charge in [-0.3, -0.25) is 9.97 Å². The maximum Gasteiger partial charge on any atom is 0.229 e. The molecule has 1 aliphatic rings. The Morgan fingerprint density at radius 3 is 2.50 bits per heavy atom. The van der Waals surface area contributed by atoms with Gasteiger partial charge in [0.1, 0.15) is 10.8 Å². The van der Waals surface area contributed by atoms with Crippen LogP contribution in [0.3, 0.4) is 0 Å². The van der Waals surface area contributed by atoms with Gasteiger partial charge in [-0.05, 0) is 57.6 Å². The number of aryl methyl sites for hydroxylation is 1. The highest BCUT2D eigenvalue weighted by Gasteiger charge is 2.23. The van der Waals surface area contributed by atoms with E-state index in [2.05, 4.69) is 67.5 Å². The summed E-state index contributed by atoms with van der Waals surface area (Å²) in [5, 5.41) is 6.72. The first-order valence-corrected chi connectivity index (χ1v) is 16.0. The minimum absolute atomic E-state index is 0.227. The van der Waals surface area contributed by atoms with Gasteiger partial charge in [-0.25, -0.2) is 13.4 Å². The maximum atomic E-state index is 12.3. The molecular weight excluding hydrogens is 576 g/mol. The molecule has 0 saturated carbocycles. The van der Waals surface area contributed by atoms with Crippen LogP contribution < -0.4 is 20.3 Å². The van der Waals surface area contributed by atoms with Crippen LogP contribution in [-0.2, 0) is 15.6 Å². The summed E-state index contributed by atoms with van der Waals surface area (Å²) in [4.78, 5) is 22.4. The summed E-state index contributed by atoms with van der Waals surface area (Å²) in [6.45, 7) is 4.05. The number of rotatable bonds is 9. The second kappa shape index (κ2) is 12.2. The Kier molecular flexibility index (Phi) is 8.67. The number of halogens is 1. The van der Waals surface area contributed by atoms with Crippen molar-refractivity contribution in [2.75, 3.05) is 56.1 Å². The van der Waals surface area contributed by atoms with Crippen molar-refractivity contribution in [2.45, 2.75) is 31.6 Å². The van der Waals surface area contributed by atoms with Crippen LogP contribution in [0.5, 0.6) is 5.75 Å². The van der Waals surface area contributed by atoms with Gasteiger partial charge in [0.2, 0.25) is 5.95 Å². The van der Waals surface area contributed by atoms with E-state index in [-0.39, 0.29) is 10.8 Å². The van der Waals surface area contributed by atoms with Gasteiger partial charge in [0.15, 0.2) is 15.7 Å². The maximum absolute atomic E-state index is 12.3. The number of piperidine rings is 1. The summed E-state index contributed by atoms with van der Waals surface area (Å²) >= 11 is 6.48. The molecule has 0 spiro atoms. The van der Waals surface area contributed by atoms with Gasteiger partial charge in [0, 0.05) is 60.8 Å². The zero-order valence-corrected chi connectivity index (χ0v) is 25.9. The molecule has 222 valence electrons. The number of ether oxygens (including phenoxy) is 1. The standard InChI is InChI=1S/C29H35ClN8O3S/c1-18-14-24(26(41-4)15-25(18)38-12-8-19(9-13-38)37(2)3)35-29-33-16-21(30)28(36-29)34-22-6-7-23-27(32-11-10-31-23)20(22)17-42(5,39)40/h6-7,10-11,14-16,19H,8-9,12-13,17H2,1-5H3,(H2,33,34,35,36). The number of sulfone groups is 1. The van der Waals surface area contributed by atoms with E-state index in [1.807, 2.05) is 6.07 Å². The molecule has 42 heavy (non-hydrogen) atoms. The first-order valence-electron chi connectivity index (χ1n) is 13.6. The van der Waals surface area contributed by atoms with Crippen LogP contribution in [-0.4, -0.2) is 79.8 Å². The minimum atomic E-state index is -3.38. The fourth-order valence-electron chi connectivity index (χ4n) is 5.29. The highest BCUT2D eigenvalue weighted by molar-refractivity contribution is 7.89. The second-order valence-corrected chi connectivity index (χ2v) is 13.3. The van der Waals surface area contributed by atoms with Crippen LogP contribution in [0.15, 0.2) is 42.9 Å². The predicted octanol–water partition coefficient (Wildman–Crippen LogP) is 4.95. The average molecular weight is 611 g/mol. The van der Waals surface area contributed by atoms with E-state index < -0.39 is 9.84 Å². The topological polar surface area (TPSA) is 125 Å². The zero-order chi connectivity index (χ0) is 30.0. The van der Waals surface area contributed by atoms with E-state index in [1.54, 1.807) is 25.4 Å². The monoisotopic (exact) mass is 610 g/mol. The van der Waals surface area contributed by atoms with E-state index in [9.17, 15) is 8.42 Å². The summed E-state index contributed by atoms with van der Waals surface area (Å²) in [6, 6.07) is 8.19. The lowest BCUT2D eigenvalue weighted by atomic mass is 10.0. The van der Waals surface area contributed by atoms with Crippen molar-refractivity contribution in [1.29, 1.82) is 0 Å². The third-order valence-electron chi connectivity index (χ3n) is 7.45. The molecule has 0 bridgehead atoms. The Bertz CT molecular complexity index is 1710. The smallest absolute Gasteiger partial charge is 0.229 e. The van der Waals surface area contributed by atoms with Gasteiger partial charge in [-0.1, -0.05) is 11.6 Å². The average Bonchev–Trinajstić information content (AvgIpc) is 2.95. The fraction of sp³-hybridized carbons (Fsp3) is 0.379. The van der Waals surface area contributed by atoms with Gasteiger partial charge in [0.05, 0.1) is 35.8 Å². The molecule has 1 saturated heterocycles. The molecule has 0 atom stereocenters. The van der Waals surface area contributed by atoms with Gasteiger partial charge >= 0.3 is 0 Å². The van der Waals surface area contributed by atoms with Crippen LogP contribution >= 0.6 is 11.6 Å². The van der Waals surface area contributed by atoms with Crippen molar-refractivity contribution in [1.82, 2.24) is 24.8 Å². The molecule has 0 unspecified atom stereocenters. The Balaban J connectivity index is 1.42. The molecule has 1 aliphatic heterocycles. The highest BCUT2D eigenvalue weighted by Crippen LogP contribution is 2.37. The first kappa shape index (κ1) is 29.7. The minimum Gasteiger partial charge on any atom is -0.494 e. The zero-order valence-electron chi connectivity index (χ0n) is 24.3. The lowest BCUT2D eigenvalue weighted by Crippen LogP contribution is -2.42. The van der Waals surface area contributed by atoms with Gasteiger partial charge in [0.25, 0.3) is 0 Å². The number of nitrogens with one attached hydrogen (secondary N) is 2. The molecule has 2 N–H and O–H groups in total. The summed E-state index contributed by atoms with van der Waals surface area (Å²) < 4.78 is 30.3. The lowest BCUT2D eigenvalue weighted by Gasteiger charge is -2.37. The third kappa shape index (κ3) is 6.66. The fourth-order valence-corrected chi connectivity index (χ4v) is 6.24. The van der Waals surface area contributed by atoms with Crippen LogP contribution in [0.1, 0.15) is 24.0 Å². The number of hydrogen-bond donors (Lipinski definition) is 2. The van der Waals surface area contributed by atoms with Crippen molar-refractivity contribution >= 4 is 61.3 Å². The molecule has 0 aliphatic carbocycles. The molecule has 11 nitrogen and oxygen atoms in total. The van der Waals surface area contributed by atoms with Crippen molar-refractivity contribution in [3.8, 4) is 5.75 Å². The molecule has 3 heterocycles. The molecule has 0 amide bonds. The Morgan fingerprint density at radius 2 is 1.81 bits per heavy atom. The van der Waals surface area contributed by atoms with Crippen molar-refractivity contribution in [3.05, 3.63) is 59.0 Å². The van der Waals surface area contributed by atoms with Crippen LogP contribution in [0, 0.1) is 6.92 Å². The van der Waals surface area contributed by atoms with E-state index in [0.29, 0.717) is 51.5 Å². The van der Waals surface area contributed by atoms with Crippen LogP contribution in [0.25, 0.3) is 11.0 Å². The Morgan fingerprint density at radius 1 is 1.07 bits per heavy atom. The quantitative estimate of drug-likeness (QED) is 0.267. The highest BCUT2D eigenvalue weighted by atomic mass is 35.5. The molecule has 2 aromatic heterocycles. The number of methoxy groups -OCH3 is 1. The predicted molar refractivity (Wildman–Crippen MR) is 168 cm³/mol. The van der Waals surface area contributed by atoms with Crippen LogP contribution in [0.4, 0.5) is 28.8 Å². The largest absolute Gasteiger partial charge is 0.494 e. The number of nitrogens with zero attached hydrogens (tertiary/aromatic N) is 6. The summed E-state index contributed by atoms with van der Waals surface area (Å²) in [6.07, 6.45) is 7.98. The van der Waals surface area contributed by atoms with E-state index in [0.717, 1.165) is 37.2 Å². The molecule has 0 radical (unpaired) electrons. The first-order chi connectivity index (χ1) is 20.0. The SMILES string of the molecule is COc1cc(N2CCC(N(C)C)CC2)c(C)cc1Nc1ncc(Cl)c(Nc2ccc3nccnc3c2CS(C)(=O)=O)n1. The van der Waals surface area contributed by atoms with E-state index in [4.69, 9.17) is 16.3 Å². The van der Waals surface area contributed by atoms with Crippen LogP contribution in [0.2, 0.25) is 5.02 Å². The van der Waals surface area contributed by atoms with Crippen molar-refractivity contribution < 1.29 is 13.2 Å². The van der Waals surface area contributed by atoms with Crippen molar-refractivity contribution in [3.63, 3.8) is 0 Å². The normalized spacial score (nSPS) is 14.4.